The van der Waals surface area contributed by atoms with Crippen molar-refractivity contribution in [3.8, 4) is 11.5 Å². The zero-order valence-electron chi connectivity index (χ0n) is 14.0. The fourth-order valence-electron chi connectivity index (χ4n) is 3.16. The maximum atomic E-state index is 13.7. The van der Waals surface area contributed by atoms with Crippen LogP contribution in [0, 0.1) is 5.82 Å². The highest BCUT2D eigenvalue weighted by molar-refractivity contribution is 7.80. The number of ether oxygens (including phenoxy) is 3. The standard InChI is InChI=1S/C18H15ClFN3O3S/c19-10-3-9-7-24-8-25-17(9)13(4-10)16-6-14(22-23-18(21)27)12-5-11(20)1-2-15(12)26-16/h1-5,16H,6-8H2,(H3,21,23,27). The Morgan fingerprint density at radius 1 is 1.33 bits per heavy atom. The summed E-state index contributed by atoms with van der Waals surface area (Å²) in [5.74, 6) is 0.791. The van der Waals surface area contributed by atoms with Gasteiger partial charge in [0.1, 0.15) is 23.4 Å². The number of hydrazone groups is 1. The quantitative estimate of drug-likeness (QED) is 0.586. The van der Waals surface area contributed by atoms with Crippen molar-refractivity contribution < 1.29 is 18.6 Å². The van der Waals surface area contributed by atoms with E-state index < -0.39 is 6.10 Å². The Morgan fingerprint density at radius 2 is 2.19 bits per heavy atom. The van der Waals surface area contributed by atoms with Crippen LogP contribution in [0.4, 0.5) is 4.39 Å². The molecule has 2 aromatic carbocycles. The number of nitrogens with one attached hydrogen (secondary N) is 1. The molecule has 0 spiro atoms. The van der Waals surface area contributed by atoms with Crippen LogP contribution in [0.3, 0.4) is 0 Å². The van der Waals surface area contributed by atoms with Crippen LogP contribution in [0.15, 0.2) is 35.4 Å². The maximum Gasteiger partial charge on any atom is 0.189 e. The summed E-state index contributed by atoms with van der Waals surface area (Å²) in [7, 11) is 0. The van der Waals surface area contributed by atoms with Crippen molar-refractivity contribution in [3.05, 3.63) is 57.9 Å². The minimum absolute atomic E-state index is 0.0177. The van der Waals surface area contributed by atoms with Crippen molar-refractivity contribution in [2.24, 2.45) is 10.8 Å². The van der Waals surface area contributed by atoms with Crippen molar-refractivity contribution in [1.29, 1.82) is 0 Å². The van der Waals surface area contributed by atoms with Gasteiger partial charge in [0.2, 0.25) is 0 Å². The van der Waals surface area contributed by atoms with Crippen LogP contribution in [0.25, 0.3) is 0 Å². The second-order valence-electron chi connectivity index (χ2n) is 6.08. The topological polar surface area (TPSA) is 78.1 Å². The van der Waals surface area contributed by atoms with E-state index >= 15 is 0 Å². The second kappa shape index (κ2) is 7.30. The van der Waals surface area contributed by atoms with E-state index in [9.17, 15) is 4.39 Å². The van der Waals surface area contributed by atoms with E-state index in [0.29, 0.717) is 40.8 Å². The molecule has 2 heterocycles. The molecule has 0 saturated carbocycles. The highest BCUT2D eigenvalue weighted by Gasteiger charge is 2.31. The van der Waals surface area contributed by atoms with E-state index in [0.717, 1.165) is 11.1 Å². The molecule has 0 fully saturated rings. The first-order valence-electron chi connectivity index (χ1n) is 8.12. The maximum absolute atomic E-state index is 13.7. The SMILES string of the molecule is NC(=S)NN=C1CC(c2cc(Cl)cc3c2OCOC3)Oc2ccc(F)cc21. The summed E-state index contributed by atoms with van der Waals surface area (Å²) >= 11 is 11.1. The molecule has 0 amide bonds. The average Bonchev–Trinajstić information content (AvgIpc) is 2.65. The van der Waals surface area contributed by atoms with Gasteiger partial charge in [0.15, 0.2) is 11.9 Å². The van der Waals surface area contributed by atoms with Gasteiger partial charge in [-0.1, -0.05) is 11.6 Å². The zero-order valence-corrected chi connectivity index (χ0v) is 15.6. The monoisotopic (exact) mass is 407 g/mol. The summed E-state index contributed by atoms with van der Waals surface area (Å²) in [5.41, 5.74) is 10.8. The lowest BCUT2D eigenvalue weighted by molar-refractivity contribution is -0.0182. The summed E-state index contributed by atoms with van der Waals surface area (Å²) < 4.78 is 30.9. The lowest BCUT2D eigenvalue weighted by atomic mass is 9.93. The van der Waals surface area contributed by atoms with Gasteiger partial charge in [-0.2, -0.15) is 5.10 Å². The van der Waals surface area contributed by atoms with Gasteiger partial charge in [-0.3, -0.25) is 5.43 Å². The molecule has 27 heavy (non-hydrogen) atoms. The zero-order chi connectivity index (χ0) is 19.0. The molecular weight excluding hydrogens is 393 g/mol. The van der Waals surface area contributed by atoms with Crippen molar-refractivity contribution in [2.75, 3.05) is 6.79 Å². The van der Waals surface area contributed by atoms with Crippen LogP contribution in [0.5, 0.6) is 11.5 Å². The Hall–Kier alpha value is -2.42. The second-order valence-corrected chi connectivity index (χ2v) is 6.96. The third-order valence-electron chi connectivity index (χ3n) is 4.25. The van der Waals surface area contributed by atoms with Crippen LogP contribution < -0.4 is 20.6 Å². The van der Waals surface area contributed by atoms with Gasteiger partial charge in [0, 0.05) is 28.1 Å². The van der Waals surface area contributed by atoms with Gasteiger partial charge in [0.25, 0.3) is 0 Å². The molecule has 0 saturated heterocycles. The minimum Gasteiger partial charge on any atom is -0.484 e. The third kappa shape index (κ3) is 3.69. The highest BCUT2D eigenvalue weighted by Crippen LogP contribution is 2.42. The molecule has 140 valence electrons. The minimum atomic E-state index is -0.430. The fourth-order valence-corrected chi connectivity index (χ4v) is 3.46. The van der Waals surface area contributed by atoms with Crippen LogP contribution in [0.1, 0.15) is 29.2 Å². The van der Waals surface area contributed by atoms with Crippen molar-refractivity contribution in [2.45, 2.75) is 19.1 Å². The van der Waals surface area contributed by atoms with E-state index in [4.69, 9.17) is 43.8 Å². The van der Waals surface area contributed by atoms with Gasteiger partial charge >= 0.3 is 0 Å². The summed E-state index contributed by atoms with van der Waals surface area (Å²) in [5, 5.41) is 4.80. The molecule has 1 atom stereocenters. The predicted molar refractivity (Wildman–Crippen MR) is 103 cm³/mol. The van der Waals surface area contributed by atoms with Gasteiger partial charge in [-0.05, 0) is 42.5 Å². The molecular formula is C18H15ClFN3O3S. The number of thiocarbonyl (C=S) groups is 1. The molecule has 6 nitrogen and oxygen atoms in total. The number of rotatable bonds is 2. The molecule has 0 aromatic heterocycles. The van der Waals surface area contributed by atoms with E-state index in [1.54, 1.807) is 18.2 Å². The van der Waals surface area contributed by atoms with Gasteiger partial charge in [-0.25, -0.2) is 4.39 Å². The smallest absolute Gasteiger partial charge is 0.189 e. The Morgan fingerprint density at radius 3 is 3.00 bits per heavy atom. The van der Waals surface area contributed by atoms with Crippen LogP contribution in [-0.2, 0) is 11.3 Å². The molecule has 2 aromatic rings. The number of fused-ring (bicyclic) bond motifs is 2. The molecule has 2 aliphatic heterocycles. The lowest BCUT2D eigenvalue weighted by Gasteiger charge is -2.30. The summed E-state index contributed by atoms with van der Waals surface area (Å²) in [4.78, 5) is 0. The molecule has 0 aliphatic carbocycles. The summed E-state index contributed by atoms with van der Waals surface area (Å²) in [6.07, 6.45) is -0.0799. The molecule has 2 aliphatic rings. The first kappa shape index (κ1) is 18.0. The highest BCUT2D eigenvalue weighted by atomic mass is 35.5. The van der Waals surface area contributed by atoms with Crippen molar-refractivity contribution >= 4 is 34.6 Å². The molecule has 4 rings (SSSR count). The molecule has 0 bridgehead atoms. The Balaban J connectivity index is 1.78. The van der Waals surface area contributed by atoms with E-state index in [-0.39, 0.29) is 17.7 Å². The number of hydrogen-bond acceptors (Lipinski definition) is 5. The van der Waals surface area contributed by atoms with E-state index in [1.165, 1.54) is 12.1 Å². The number of hydrogen-bond donors (Lipinski definition) is 2. The molecule has 1 unspecified atom stereocenters. The Bertz CT molecular complexity index is 954. The first-order chi connectivity index (χ1) is 13.0. The molecule has 3 N–H and O–H groups in total. The normalized spacial score (nSPS) is 19.5. The molecule has 0 radical (unpaired) electrons. The first-order valence-corrected chi connectivity index (χ1v) is 8.91. The van der Waals surface area contributed by atoms with Crippen LogP contribution in [-0.4, -0.2) is 17.6 Å². The van der Waals surface area contributed by atoms with Gasteiger partial charge < -0.3 is 19.9 Å². The lowest BCUT2D eigenvalue weighted by Crippen LogP contribution is -2.29. The molecule has 9 heteroatoms. The number of nitrogens with zero attached hydrogens (tertiary/aromatic N) is 1. The Kier molecular flexibility index (Phi) is 4.86. The third-order valence-corrected chi connectivity index (χ3v) is 4.56. The summed E-state index contributed by atoms with van der Waals surface area (Å²) in [6.45, 7) is 0.557. The Labute approximate surface area is 165 Å². The van der Waals surface area contributed by atoms with Gasteiger partial charge in [0.05, 0.1) is 12.3 Å². The number of halogens is 2. The largest absolute Gasteiger partial charge is 0.484 e. The van der Waals surface area contributed by atoms with Crippen molar-refractivity contribution in [3.63, 3.8) is 0 Å². The van der Waals surface area contributed by atoms with Crippen molar-refractivity contribution in [1.82, 2.24) is 5.43 Å². The van der Waals surface area contributed by atoms with E-state index in [2.05, 4.69) is 10.5 Å². The van der Waals surface area contributed by atoms with Crippen LogP contribution in [0.2, 0.25) is 5.02 Å². The van der Waals surface area contributed by atoms with Gasteiger partial charge in [-0.15, -0.1) is 0 Å². The van der Waals surface area contributed by atoms with E-state index in [1.807, 2.05) is 0 Å². The summed E-state index contributed by atoms with van der Waals surface area (Å²) in [6, 6.07) is 7.85. The predicted octanol–water partition coefficient (Wildman–Crippen LogP) is 3.41. The number of nitrogens with two attached hydrogens (primary N) is 1. The average molecular weight is 408 g/mol. The van der Waals surface area contributed by atoms with Crippen LogP contribution >= 0.6 is 23.8 Å². The number of benzene rings is 2. The fraction of sp³-hybridized carbons (Fsp3) is 0.222.